The molecule has 1 saturated heterocycles. The van der Waals surface area contributed by atoms with Gasteiger partial charge in [-0.15, -0.1) is 11.3 Å². The topological polar surface area (TPSA) is 62.3 Å². The van der Waals surface area contributed by atoms with Crippen LogP contribution in [0.5, 0.6) is 0 Å². The fourth-order valence-electron chi connectivity index (χ4n) is 2.31. The number of nitrogens with one attached hydrogen (secondary N) is 1. The molecule has 1 aliphatic heterocycles. The Bertz CT molecular complexity index is 553. The summed E-state index contributed by atoms with van der Waals surface area (Å²) in [5.74, 6) is 0.547. The summed E-state index contributed by atoms with van der Waals surface area (Å²) in [6.45, 7) is 4.10. The minimum Gasteiger partial charge on any atom is -0.347 e. The van der Waals surface area contributed by atoms with Gasteiger partial charge in [-0.25, -0.2) is 13.4 Å². The van der Waals surface area contributed by atoms with Crippen LogP contribution in [0.25, 0.3) is 0 Å². The Morgan fingerprint density at radius 2 is 2.21 bits per heavy atom. The zero-order valence-corrected chi connectivity index (χ0v) is 13.4. The first-order chi connectivity index (χ1) is 8.84. The molecule has 1 N–H and O–H groups in total. The largest absolute Gasteiger partial charge is 0.347 e. The number of hydrogen-bond donors (Lipinski definition) is 1. The van der Waals surface area contributed by atoms with Gasteiger partial charge in [-0.3, -0.25) is 0 Å². The predicted octanol–water partition coefficient (Wildman–Crippen LogP) is 1.36. The van der Waals surface area contributed by atoms with Crippen molar-refractivity contribution in [1.82, 2.24) is 10.3 Å². The Balaban J connectivity index is 2.18. The molecule has 5 nitrogen and oxygen atoms in total. The molecule has 108 valence electrons. The predicted molar refractivity (Wildman–Crippen MR) is 79.8 cm³/mol. The SMILES string of the molecule is CNC(C)c1sc(N(C)C2CCS(=O)(=O)C2)nc1C. The van der Waals surface area contributed by atoms with E-state index in [2.05, 4.69) is 17.2 Å². The van der Waals surface area contributed by atoms with Crippen molar-refractivity contribution in [3.05, 3.63) is 10.6 Å². The Morgan fingerprint density at radius 3 is 2.74 bits per heavy atom. The Hall–Kier alpha value is -0.660. The molecular formula is C12H21N3O2S2. The van der Waals surface area contributed by atoms with Gasteiger partial charge in [0.2, 0.25) is 0 Å². The van der Waals surface area contributed by atoms with E-state index in [0.717, 1.165) is 10.8 Å². The number of aryl methyl sites for hydroxylation is 1. The van der Waals surface area contributed by atoms with Gasteiger partial charge in [-0.05, 0) is 27.3 Å². The monoisotopic (exact) mass is 303 g/mol. The van der Waals surface area contributed by atoms with Crippen LogP contribution in [-0.2, 0) is 9.84 Å². The number of sulfone groups is 1. The molecule has 2 unspecified atom stereocenters. The molecule has 19 heavy (non-hydrogen) atoms. The van der Waals surface area contributed by atoms with Crippen LogP contribution in [0, 0.1) is 6.92 Å². The van der Waals surface area contributed by atoms with Gasteiger partial charge in [0.05, 0.1) is 17.2 Å². The minimum absolute atomic E-state index is 0.0632. The molecule has 1 aromatic rings. The molecule has 2 heterocycles. The van der Waals surface area contributed by atoms with Gasteiger partial charge in [0.15, 0.2) is 15.0 Å². The highest BCUT2D eigenvalue weighted by Gasteiger charge is 2.32. The standard InChI is InChI=1S/C12H21N3O2S2/c1-8(13-3)11-9(2)14-12(18-11)15(4)10-5-6-19(16,17)7-10/h8,10,13H,5-7H2,1-4H3. The van der Waals surface area contributed by atoms with Gasteiger partial charge in [0.1, 0.15) is 0 Å². The number of rotatable bonds is 4. The lowest BCUT2D eigenvalue weighted by Crippen LogP contribution is -2.32. The van der Waals surface area contributed by atoms with Gasteiger partial charge in [-0.1, -0.05) is 0 Å². The third kappa shape index (κ3) is 3.09. The van der Waals surface area contributed by atoms with E-state index in [4.69, 9.17) is 0 Å². The van der Waals surface area contributed by atoms with Gasteiger partial charge in [0, 0.05) is 24.0 Å². The first-order valence-electron chi connectivity index (χ1n) is 6.42. The molecule has 1 fully saturated rings. The third-order valence-electron chi connectivity index (χ3n) is 3.71. The van der Waals surface area contributed by atoms with E-state index in [1.54, 1.807) is 11.3 Å². The molecule has 0 spiro atoms. The quantitative estimate of drug-likeness (QED) is 0.910. The van der Waals surface area contributed by atoms with E-state index in [-0.39, 0.29) is 17.8 Å². The van der Waals surface area contributed by atoms with Crippen LogP contribution in [0.2, 0.25) is 0 Å². The summed E-state index contributed by atoms with van der Waals surface area (Å²) in [5, 5.41) is 4.13. The molecule has 1 aromatic heterocycles. The highest BCUT2D eigenvalue weighted by atomic mass is 32.2. The first kappa shape index (κ1) is 14.7. The van der Waals surface area contributed by atoms with Gasteiger partial charge in [0.25, 0.3) is 0 Å². The van der Waals surface area contributed by atoms with Gasteiger partial charge in [-0.2, -0.15) is 0 Å². The molecule has 0 radical (unpaired) electrons. The van der Waals surface area contributed by atoms with E-state index < -0.39 is 9.84 Å². The summed E-state index contributed by atoms with van der Waals surface area (Å²) in [5.41, 5.74) is 1.02. The normalized spacial score (nSPS) is 23.5. The molecule has 0 saturated carbocycles. The zero-order valence-electron chi connectivity index (χ0n) is 11.8. The first-order valence-corrected chi connectivity index (χ1v) is 9.05. The molecule has 7 heteroatoms. The highest BCUT2D eigenvalue weighted by molar-refractivity contribution is 7.91. The molecule has 0 aromatic carbocycles. The van der Waals surface area contributed by atoms with E-state index >= 15 is 0 Å². The molecule has 2 rings (SSSR count). The minimum atomic E-state index is -2.85. The number of thiazole rings is 1. The fraction of sp³-hybridized carbons (Fsp3) is 0.750. The Labute approximate surface area is 119 Å². The van der Waals surface area contributed by atoms with E-state index in [1.807, 2.05) is 25.9 Å². The maximum atomic E-state index is 11.5. The third-order valence-corrected chi connectivity index (χ3v) is 6.89. The van der Waals surface area contributed by atoms with Crippen molar-refractivity contribution in [2.45, 2.75) is 32.4 Å². The maximum Gasteiger partial charge on any atom is 0.185 e. The molecule has 0 aliphatic carbocycles. The van der Waals surface area contributed by atoms with Crippen molar-refractivity contribution in [1.29, 1.82) is 0 Å². The Morgan fingerprint density at radius 1 is 1.53 bits per heavy atom. The molecule has 0 amide bonds. The van der Waals surface area contributed by atoms with Crippen molar-refractivity contribution >= 4 is 26.3 Å². The van der Waals surface area contributed by atoms with Crippen LogP contribution >= 0.6 is 11.3 Å². The Kier molecular flexibility index (Phi) is 4.17. The summed E-state index contributed by atoms with van der Waals surface area (Å²) >= 11 is 1.64. The smallest absolute Gasteiger partial charge is 0.185 e. The van der Waals surface area contributed by atoms with Gasteiger partial charge < -0.3 is 10.2 Å². The average molecular weight is 303 g/mol. The zero-order chi connectivity index (χ0) is 14.2. The molecular weight excluding hydrogens is 282 g/mol. The van der Waals surface area contributed by atoms with Crippen molar-refractivity contribution in [3.8, 4) is 0 Å². The second-order valence-corrected chi connectivity index (χ2v) is 8.36. The summed E-state index contributed by atoms with van der Waals surface area (Å²) in [6.07, 6.45) is 0.703. The lowest BCUT2D eigenvalue weighted by molar-refractivity contribution is 0.601. The van der Waals surface area contributed by atoms with E-state index in [0.29, 0.717) is 12.2 Å². The average Bonchev–Trinajstić information content (AvgIpc) is 2.90. The highest BCUT2D eigenvalue weighted by Crippen LogP contribution is 2.32. The number of nitrogens with zero attached hydrogens (tertiary/aromatic N) is 2. The van der Waals surface area contributed by atoms with Crippen LogP contribution in [0.1, 0.15) is 30.0 Å². The summed E-state index contributed by atoms with van der Waals surface area (Å²) in [6, 6.07) is 0.334. The van der Waals surface area contributed by atoms with Crippen LogP contribution in [0.15, 0.2) is 0 Å². The van der Waals surface area contributed by atoms with Crippen molar-refractivity contribution < 1.29 is 8.42 Å². The van der Waals surface area contributed by atoms with Crippen molar-refractivity contribution in [3.63, 3.8) is 0 Å². The van der Waals surface area contributed by atoms with Crippen LogP contribution in [0.3, 0.4) is 0 Å². The number of aromatic nitrogens is 1. The number of hydrogen-bond acceptors (Lipinski definition) is 6. The summed E-state index contributed by atoms with van der Waals surface area (Å²) < 4.78 is 23.1. The second-order valence-electron chi connectivity index (χ2n) is 5.12. The lowest BCUT2D eigenvalue weighted by atomic mass is 10.2. The molecule has 2 atom stereocenters. The summed E-state index contributed by atoms with van der Waals surface area (Å²) in [4.78, 5) is 7.82. The van der Waals surface area contributed by atoms with Crippen LogP contribution in [0.4, 0.5) is 5.13 Å². The molecule has 1 aliphatic rings. The van der Waals surface area contributed by atoms with Crippen LogP contribution in [-0.4, -0.2) is 45.0 Å². The summed E-state index contributed by atoms with van der Waals surface area (Å²) in [7, 11) is 1.02. The van der Waals surface area contributed by atoms with E-state index in [9.17, 15) is 8.42 Å². The van der Waals surface area contributed by atoms with Crippen molar-refractivity contribution in [2.75, 3.05) is 30.5 Å². The van der Waals surface area contributed by atoms with Crippen LogP contribution < -0.4 is 10.2 Å². The maximum absolute atomic E-state index is 11.5. The van der Waals surface area contributed by atoms with E-state index in [1.165, 1.54) is 4.88 Å². The second kappa shape index (κ2) is 5.38. The van der Waals surface area contributed by atoms with Crippen molar-refractivity contribution in [2.24, 2.45) is 0 Å². The number of anilines is 1. The fourth-order valence-corrected chi connectivity index (χ4v) is 5.25. The molecule has 0 bridgehead atoms. The van der Waals surface area contributed by atoms with Gasteiger partial charge >= 0.3 is 0 Å². The lowest BCUT2D eigenvalue weighted by Gasteiger charge is -2.22.